The third kappa shape index (κ3) is 3.06. The van der Waals surface area contributed by atoms with E-state index in [-0.39, 0.29) is 6.04 Å². The highest BCUT2D eigenvalue weighted by Crippen LogP contribution is 2.36. The molecular formula is C15H24N2. The van der Waals surface area contributed by atoms with E-state index in [0.717, 1.165) is 5.92 Å². The molecule has 0 bridgehead atoms. The number of hydrogen-bond donors (Lipinski definition) is 1. The van der Waals surface area contributed by atoms with Gasteiger partial charge in [0.1, 0.15) is 0 Å². The van der Waals surface area contributed by atoms with Crippen LogP contribution < -0.4 is 5.73 Å². The van der Waals surface area contributed by atoms with E-state index >= 15 is 0 Å². The molecule has 0 saturated heterocycles. The zero-order chi connectivity index (χ0) is 12.3. The molecule has 1 fully saturated rings. The molecule has 0 radical (unpaired) electrons. The molecule has 2 N–H and O–H groups in total. The summed E-state index contributed by atoms with van der Waals surface area (Å²) in [6.45, 7) is 4.38. The van der Waals surface area contributed by atoms with Gasteiger partial charge in [0.05, 0.1) is 0 Å². The molecule has 2 nitrogen and oxygen atoms in total. The molecular weight excluding hydrogens is 208 g/mol. The van der Waals surface area contributed by atoms with Crippen molar-refractivity contribution in [3.05, 3.63) is 29.6 Å². The minimum atomic E-state index is 0.181. The zero-order valence-corrected chi connectivity index (χ0v) is 11.0. The van der Waals surface area contributed by atoms with Gasteiger partial charge in [-0.3, -0.25) is 4.98 Å². The Morgan fingerprint density at radius 3 is 2.59 bits per heavy atom. The standard InChI is InChI=1S/C15H24N2/c1-3-12-4-6-13(7-5-12)15(16)14-8-11(2)9-17-10-14/h8-10,12-13,15H,3-7,16H2,1-2H3. The van der Waals surface area contributed by atoms with Gasteiger partial charge < -0.3 is 5.73 Å². The van der Waals surface area contributed by atoms with E-state index in [2.05, 4.69) is 24.9 Å². The third-order valence-electron chi connectivity index (χ3n) is 4.26. The van der Waals surface area contributed by atoms with Crippen molar-refractivity contribution >= 4 is 0 Å². The first-order chi connectivity index (χ1) is 8.20. The van der Waals surface area contributed by atoms with Crippen LogP contribution in [-0.2, 0) is 0 Å². The Hall–Kier alpha value is -0.890. The molecule has 0 aliphatic heterocycles. The van der Waals surface area contributed by atoms with E-state index in [4.69, 9.17) is 5.73 Å². The minimum absolute atomic E-state index is 0.181. The van der Waals surface area contributed by atoms with Crippen LogP contribution in [0, 0.1) is 18.8 Å². The molecule has 1 atom stereocenters. The normalized spacial score (nSPS) is 26.8. The topological polar surface area (TPSA) is 38.9 Å². The second kappa shape index (κ2) is 5.63. The second-order valence-corrected chi connectivity index (χ2v) is 5.51. The fraction of sp³-hybridized carbons (Fsp3) is 0.667. The van der Waals surface area contributed by atoms with Gasteiger partial charge in [0.15, 0.2) is 0 Å². The van der Waals surface area contributed by atoms with Gasteiger partial charge in [0.25, 0.3) is 0 Å². The van der Waals surface area contributed by atoms with Crippen molar-refractivity contribution in [3.63, 3.8) is 0 Å². The highest BCUT2D eigenvalue weighted by atomic mass is 14.7. The van der Waals surface area contributed by atoms with E-state index in [1.807, 2.05) is 12.4 Å². The molecule has 1 saturated carbocycles. The van der Waals surface area contributed by atoms with Crippen LogP contribution in [0.5, 0.6) is 0 Å². The quantitative estimate of drug-likeness (QED) is 0.864. The molecule has 0 spiro atoms. The van der Waals surface area contributed by atoms with E-state index in [1.54, 1.807) is 0 Å². The molecule has 1 aromatic heterocycles. The highest BCUT2D eigenvalue weighted by molar-refractivity contribution is 5.20. The first kappa shape index (κ1) is 12.6. The van der Waals surface area contributed by atoms with Crippen LogP contribution in [0.1, 0.15) is 56.2 Å². The molecule has 1 heterocycles. The summed E-state index contributed by atoms with van der Waals surface area (Å²) in [4.78, 5) is 4.25. The monoisotopic (exact) mass is 232 g/mol. The van der Waals surface area contributed by atoms with Crippen LogP contribution in [0.4, 0.5) is 0 Å². The molecule has 2 heteroatoms. The van der Waals surface area contributed by atoms with Crippen molar-refractivity contribution < 1.29 is 0 Å². The molecule has 1 aliphatic rings. The van der Waals surface area contributed by atoms with E-state index in [0.29, 0.717) is 5.92 Å². The Bertz CT molecular complexity index is 354. The smallest absolute Gasteiger partial charge is 0.0338 e. The van der Waals surface area contributed by atoms with Crippen molar-refractivity contribution in [2.75, 3.05) is 0 Å². The number of aromatic nitrogens is 1. The summed E-state index contributed by atoms with van der Waals surface area (Å²) in [7, 11) is 0. The number of hydrogen-bond acceptors (Lipinski definition) is 2. The number of rotatable bonds is 3. The summed E-state index contributed by atoms with van der Waals surface area (Å²) in [5.74, 6) is 1.59. The van der Waals surface area contributed by atoms with Crippen LogP contribution in [0.15, 0.2) is 18.5 Å². The van der Waals surface area contributed by atoms with Gasteiger partial charge in [0.2, 0.25) is 0 Å². The predicted molar refractivity (Wildman–Crippen MR) is 71.6 cm³/mol. The first-order valence-electron chi connectivity index (χ1n) is 6.87. The maximum absolute atomic E-state index is 6.39. The predicted octanol–water partition coefficient (Wildman–Crippen LogP) is 3.61. The Morgan fingerprint density at radius 2 is 2.00 bits per heavy atom. The fourth-order valence-electron chi connectivity index (χ4n) is 2.99. The van der Waals surface area contributed by atoms with Crippen LogP contribution in [0.2, 0.25) is 0 Å². The minimum Gasteiger partial charge on any atom is -0.324 e. The lowest BCUT2D eigenvalue weighted by molar-refractivity contribution is 0.239. The van der Waals surface area contributed by atoms with E-state index < -0.39 is 0 Å². The van der Waals surface area contributed by atoms with Crippen molar-refractivity contribution in [1.29, 1.82) is 0 Å². The van der Waals surface area contributed by atoms with Gasteiger partial charge in [-0.1, -0.05) is 32.3 Å². The zero-order valence-electron chi connectivity index (χ0n) is 11.0. The second-order valence-electron chi connectivity index (χ2n) is 5.51. The maximum Gasteiger partial charge on any atom is 0.0338 e. The highest BCUT2D eigenvalue weighted by Gasteiger charge is 2.25. The molecule has 1 unspecified atom stereocenters. The van der Waals surface area contributed by atoms with Crippen LogP contribution in [-0.4, -0.2) is 4.98 Å². The van der Waals surface area contributed by atoms with Gasteiger partial charge in [-0.25, -0.2) is 0 Å². The summed E-state index contributed by atoms with van der Waals surface area (Å²) in [5.41, 5.74) is 8.81. The first-order valence-corrected chi connectivity index (χ1v) is 6.87. The summed E-state index contributed by atoms with van der Waals surface area (Å²) in [6.07, 6.45) is 10.4. The van der Waals surface area contributed by atoms with E-state index in [9.17, 15) is 0 Å². The lowest BCUT2D eigenvalue weighted by Gasteiger charge is -2.31. The van der Waals surface area contributed by atoms with Crippen LogP contribution >= 0.6 is 0 Å². The van der Waals surface area contributed by atoms with Gasteiger partial charge in [-0.15, -0.1) is 0 Å². The van der Waals surface area contributed by atoms with Gasteiger partial charge in [-0.05, 0) is 42.7 Å². The molecule has 0 amide bonds. The Morgan fingerprint density at radius 1 is 1.29 bits per heavy atom. The number of pyridine rings is 1. The number of nitrogens with zero attached hydrogens (tertiary/aromatic N) is 1. The molecule has 1 aromatic rings. The average molecular weight is 232 g/mol. The molecule has 2 rings (SSSR count). The molecule has 94 valence electrons. The summed E-state index contributed by atoms with van der Waals surface area (Å²) < 4.78 is 0. The number of nitrogens with two attached hydrogens (primary N) is 1. The van der Waals surface area contributed by atoms with Crippen LogP contribution in [0.3, 0.4) is 0 Å². The number of aryl methyl sites for hydroxylation is 1. The third-order valence-corrected chi connectivity index (χ3v) is 4.26. The SMILES string of the molecule is CCC1CCC(C(N)c2cncc(C)c2)CC1. The van der Waals surface area contributed by atoms with Gasteiger partial charge in [-0.2, -0.15) is 0 Å². The largest absolute Gasteiger partial charge is 0.324 e. The lowest BCUT2D eigenvalue weighted by atomic mass is 9.76. The van der Waals surface area contributed by atoms with E-state index in [1.165, 1.54) is 43.2 Å². The molecule has 0 aromatic carbocycles. The Labute approximate surface area is 105 Å². The lowest BCUT2D eigenvalue weighted by Crippen LogP contribution is -2.26. The Balaban J connectivity index is 1.99. The van der Waals surface area contributed by atoms with Gasteiger partial charge >= 0.3 is 0 Å². The summed E-state index contributed by atoms with van der Waals surface area (Å²) >= 11 is 0. The van der Waals surface area contributed by atoms with Crippen molar-refractivity contribution in [2.24, 2.45) is 17.6 Å². The van der Waals surface area contributed by atoms with Crippen molar-refractivity contribution in [1.82, 2.24) is 4.98 Å². The Kier molecular flexibility index (Phi) is 4.16. The maximum atomic E-state index is 6.39. The van der Waals surface area contributed by atoms with Gasteiger partial charge in [0, 0.05) is 18.4 Å². The summed E-state index contributed by atoms with van der Waals surface area (Å²) in [5, 5.41) is 0. The molecule has 1 aliphatic carbocycles. The van der Waals surface area contributed by atoms with Crippen LogP contribution in [0.25, 0.3) is 0 Å². The van der Waals surface area contributed by atoms with Crippen molar-refractivity contribution in [3.8, 4) is 0 Å². The molecule has 17 heavy (non-hydrogen) atoms. The fourth-order valence-corrected chi connectivity index (χ4v) is 2.99. The summed E-state index contributed by atoms with van der Waals surface area (Å²) in [6, 6.07) is 2.36. The van der Waals surface area contributed by atoms with Crippen molar-refractivity contribution in [2.45, 2.75) is 52.0 Å². The average Bonchev–Trinajstić information content (AvgIpc) is 2.38.